The number of rotatable bonds is 7. The minimum Gasteiger partial charge on any atom is -0.378 e. The number of nitrogens with one attached hydrogen (secondary N) is 1. The van der Waals surface area contributed by atoms with E-state index < -0.39 is 53.3 Å². The lowest BCUT2D eigenvalue weighted by Crippen LogP contribution is -2.61. The van der Waals surface area contributed by atoms with Crippen LogP contribution < -0.4 is 10.2 Å². The summed E-state index contributed by atoms with van der Waals surface area (Å²) < 4.78 is 61.9. The highest BCUT2D eigenvalue weighted by Gasteiger charge is 2.49. The second kappa shape index (κ2) is 13.9. The van der Waals surface area contributed by atoms with Crippen molar-refractivity contribution < 1.29 is 36.7 Å². The molecule has 15 heteroatoms. The molecule has 52 heavy (non-hydrogen) atoms. The van der Waals surface area contributed by atoms with Crippen LogP contribution >= 0.6 is 0 Å². The quantitative estimate of drug-likeness (QED) is 0.282. The van der Waals surface area contributed by atoms with Gasteiger partial charge in [0.05, 0.1) is 36.6 Å². The number of hydrogen-bond donors (Lipinski definition) is 1. The normalized spacial score (nSPS) is 20.9. The maximum Gasteiger partial charge on any atom is 0.416 e. The molecule has 0 aliphatic carbocycles. The van der Waals surface area contributed by atoms with Gasteiger partial charge in [-0.2, -0.15) is 23.5 Å². The number of aromatic nitrogens is 2. The molecule has 268 valence electrons. The number of nitriles is 1. The number of ether oxygens (including phenoxy) is 1. The lowest BCUT2D eigenvalue weighted by atomic mass is 9.80. The van der Waals surface area contributed by atoms with Gasteiger partial charge in [-0.1, -0.05) is 36.4 Å². The summed E-state index contributed by atoms with van der Waals surface area (Å²) in [6.07, 6.45) is -4.72. The van der Waals surface area contributed by atoms with Crippen LogP contribution in [-0.4, -0.2) is 94.8 Å². The van der Waals surface area contributed by atoms with Gasteiger partial charge in [-0.25, -0.2) is 9.07 Å². The number of fused-ring (bicyclic) bond motifs is 1. The van der Waals surface area contributed by atoms with Crippen molar-refractivity contribution in [1.29, 1.82) is 5.26 Å². The maximum atomic E-state index is 14.7. The molecule has 11 nitrogen and oxygen atoms in total. The summed E-state index contributed by atoms with van der Waals surface area (Å²) >= 11 is 0. The van der Waals surface area contributed by atoms with Crippen LogP contribution in [0, 0.1) is 17.1 Å². The van der Waals surface area contributed by atoms with Crippen LogP contribution in [-0.2, 0) is 15.7 Å². The predicted octanol–water partition coefficient (Wildman–Crippen LogP) is 4.38. The van der Waals surface area contributed by atoms with Gasteiger partial charge in [0.2, 0.25) is 0 Å². The molecule has 3 aliphatic rings. The van der Waals surface area contributed by atoms with E-state index in [1.165, 1.54) is 44.8 Å². The first-order chi connectivity index (χ1) is 25.0. The summed E-state index contributed by atoms with van der Waals surface area (Å²) in [5, 5.41) is 17.7. The number of carbonyl (C=O) groups is 3. The van der Waals surface area contributed by atoms with E-state index in [4.69, 9.17) is 9.84 Å². The van der Waals surface area contributed by atoms with Gasteiger partial charge in [-0.3, -0.25) is 24.2 Å². The molecule has 2 saturated heterocycles. The molecule has 3 aromatic carbocycles. The second-order valence-electron chi connectivity index (χ2n) is 12.8. The fourth-order valence-corrected chi connectivity index (χ4v) is 7.06. The van der Waals surface area contributed by atoms with E-state index in [1.54, 1.807) is 37.3 Å². The molecule has 2 fully saturated rings. The van der Waals surface area contributed by atoms with E-state index in [0.717, 1.165) is 12.1 Å². The largest absolute Gasteiger partial charge is 0.416 e. The Kier molecular flexibility index (Phi) is 9.28. The van der Waals surface area contributed by atoms with Gasteiger partial charge in [-0.05, 0) is 55.0 Å². The van der Waals surface area contributed by atoms with Gasteiger partial charge >= 0.3 is 6.18 Å². The monoisotopic (exact) mass is 715 g/mol. The summed E-state index contributed by atoms with van der Waals surface area (Å²) in [7, 11) is 0. The van der Waals surface area contributed by atoms with Crippen molar-refractivity contribution in [2.24, 2.45) is 0 Å². The molecule has 4 heterocycles. The first-order valence-electron chi connectivity index (χ1n) is 16.8. The van der Waals surface area contributed by atoms with E-state index in [1.807, 2.05) is 0 Å². The summed E-state index contributed by atoms with van der Waals surface area (Å²) in [4.78, 5) is 47.9. The minimum atomic E-state index is -4.72. The number of carbonyl (C=O) groups excluding carboxylic acids is 3. The average molecular weight is 716 g/mol. The molecule has 3 aliphatic heterocycles. The molecular weight excluding hydrogens is 682 g/mol. The maximum absolute atomic E-state index is 14.7. The van der Waals surface area contributed by atoms with Crippen LogP contribution in [0.3, 0.4) is 0 Å². The number of anilines is 1. The molecular formula is C37H33F4N7O4. The third-order valence-corrected chi connectivity index (χ3v) is 9.77. The molecule has 0 bridgehead atoms. The molecule has 0 saturated carbocycles. The third kappa shape index (κ3) is 6.28. The standard InChI is InChI=1S/C37H33F4N7O4/c1-2-46-34-30(29(22-11-13-25(38)14-12-22)31(35(46)50)43-33(49)23-7-6-8-24(17-23)37(39,40)41)32(44-48(34)26-9-4-3-5-10-26)36(51)47-16-15-45(19-27(47)18-42)28-20-52-21-28/h3-14,17,27-29,31H,2,15-16,19-21H2,1H3,(H,43,49)/t27?,29-,31-/m0/s1. The van der Waals surface area contributed by atoms with E-state index in [-0.39, 0.29) is 48.3 Å². The lowest BCUT2D eigenvalue weighted by molar-refractivity contribution is -0.137. The van der Waals surface area contributed by atoms with Crippen molar-refractivity contribution in [3.63, 3.8) is 0 Å². The molecule has 3 atom stereocenters. The Balaban J connectivity index is 1.38. The highest BCUT2D eigenvalue weighted by molar-refractivity contribution is 6.07. The van der Waals surface area contributed by atoms with Crippen LogP contribution in [0.5, 0.6) is 0 Å². The summed E-state index contributed by atoms with van der Waals surface area (Å²) in [5.41, 5.74) is -0.371. The molecule has 3 amide bonds. The van der Waals surface area contributed by atoms with Crippen molar-refractivity contribution in [2.45, 2.75) is 37.1 Å². The van der Waals surface area contributed by atoms with Gasteiger partial charge in [0.25, 0.3) is 17.7 Å². The highest BCUT2D eigenvalue weighted by Crippen LogP contribution is 2.44. The Bertz CT molecular complexity index is 2040. The molecule has 1 unspecified atom stereocenters. The number of alkyl halides is 3. The zero-order valence-electron chi connectivity index (χ0n) is 27.9. The summed E-state index contributed by atoms with van der Waals surface area (Å²) in [6.45, 7) is 3.81. The summed E-state index contributed by atoms with van der Waals surface area (Å²) in [6, 6.07) is 17.9. The molecule has 7 rings (SSSR count). The molecule has 1 aromatic heterocycles. The summed E-state index contributed by atoms with van der Waals surface area (Å²) in [5.74, 6) is -3.64. The van der Waals surface area contributed by atoms with Gasteiger partial charge in [0.1, 0.15) is 23.7 Å². The third-order valence-electron chi connectivity index (χ3n) is 9.77. The highest BCUT2D eigenvalue weighted by atomic mass is 19.4. The second-order valence-corrected chi connectivity index (χ2v) is 12.8. The van der Waals surface area contributed by atoms with Crippen molar-refractivity contribution in [1.82, 2.24) is 24.9 Å². The lowest BCUT2D eigenvalue weighted by Gasteiger charge is -2.44. The molecule has 4 aromatic rings. The van der Waals surface area contributed by atoms with Crippen molar-refractivity contribution >= 4 is 23.5 Å². The van der Waals surface area contributed by atoms with Crippen molar-refractivity contribution in [3.8, 4) is 11.8 Å². The Labute approximate surface area is 296 Å². The number of para-hydroxylation sites is 1. The van der Waals surface area contributed by atoms with Crippen LogP contribution in [0.4, 0.5) is 23.4 Å². The number of piperazine rings is 1. The SMILES string of the molecule is CCN1C(=O)[C@@H](NC(=O)c2cccc(C(F)(F)F)c2)[C@@H](c2ccc(F)cc2)c2c(C(=O)N3CCN(C4COC4)CC3C#N)nn(-c3ccccc3)c21. The number of halogens is 4. The van der Waals surface area contributed by atoms with Gasteiger partial charge in [0.15, 0.2) is 5.69 Å². The molecule has 0 radical (unpaired) electrons. The minimum absolute atomic E-state index is 0.0625. The zero-order valence-corrected chi connectivity index (χ0v) is 27.9. The number of likely N-dealkylation sites (N-methyl/N-ethyl adjacent to an activating group) is 1. The van der Waals surface area contributed by atoms with Gasteiger partial charge < -0.3 is 15.0 Å². The van der Waals surface area contributed by atoms with E-state index in [0.29, 0.717) is 37.1 Å². The fraction of sp³-hybridized carbons (Fsp3) is 0.324. The Morgan fingerprint density at radius 3 is 2.38 bits per heavy atom. The number of benzene rings is 3. The van der Waals surface area contributed by atoms with Crippen LogP contribution in [0.25, 0.3) is 5.69 Å². The number of hydrogen-bond acceptors (Lipinski definition) is 7. The van der Waals surface area contributed by atoms with Crippen molar-refractivity contribution in [2.75, 3.05) is 44.3 Å². The zero-order chi connectivity index (χ0) is 36.7. The van der Waals surface area contributed by atoms with Crippen LogP contribution in [0.15, 0.2) is 78.9 Å². The Hall–Kier alpha value is -5.59. The average Bonchev–Trinajstić information content (AvgIpc) is 3.51. The fourth-order valence-electron chi connectivity index (χ4n) is 7.06. The van der Waals surface area contributed by atoms with Crippen molar-refractivity contribution in [3.05, 3.63) is 113 Å². The number of nitrogens with zero attached hydrogens (tertiary/aromatic N) is 6. The smallest absolute Gasteiger partial charge is 0.378 e. The molecule has 1 N–H and O–H groups in total. The van der Waals surface area contributed by atoms with Gasteiger partial charge in [0, 0.05) is 43.2 Å². The number of amides is 3. The van der Waals surface area contributed by atoms with E-state index >= 15 is 0 Å². The predicted molar refractivity (Wildman–Crippen MR) is 179 cm³/mol. The Morgan fingerprint density at radius 1 is 1.02 bits per heavy atom. The first kappa shape index (κ1) is 34.8. The van der Waals surface area contributed by atoms with E-state index in [9.17, 15) is 37.2 Å². The van der Waals surface area contributed by atoms with Crippen LogP contribution in [0.2, 0.25) is 0 Å². The van der Waals surface area contributed by atoms with Gasteiger partial charge in [-0.15, -0.1) is 0 Å². The van der Waals surface area contributed by atoms with Crippen LogP contribution in [0.1, 0.15) is 50.4 Å². The first-order valence-corrected chi connectivity index (χ1v) is 16.8. The molecule has 0 spiro atoms. The van der Waals surface area contributed by atoms with E-state index in [2.05, 4.69) is 16.3 Å². The Morgan fingerprint density at radius 2 is 1.75 bits per heavy atom. The topological polar surface area (TPSA) is 124 Å².